The van der Waals surface area contributed by atoms with Crippen molar-refractivity contribution in [2.24, 2.45) is 7.05 Å². The van der Waals surface area contributed by atoms with Gasteiger partial charge in [0.1, 0.15) is 0 Å². The molecule has 0 bridgehead atoms. The summed E-state index contributed by atoms with van der Waals surface area (Å²) < 4.78 is 2.80. The van der Waals surface area contributed by atoms with Gasteiger partial charge in [0.2, 0.25) is 0 Å². The van der Waals surface area contributed by atoms with Crippen LogP contribution in [0.1, 0.15) is 0 Å². The smallest absolute Gasteiger partial charge is 0.338 e. The molecule has 7 heteroatoms. The van der Waals surface area contributed by atoms with E-state index in [1.165, 1.54) is 0 Å². The van der Waals surface area contributed by atoms with Crippen LogP contribution < -0.4 is 5.69 Å². The van der Waals surface area contributed by atoms with Gasteiger partial charge in [-0.05, 0) is 10.4 Å². The predicted molar refractivity (Wildman–Crippen MR) is 38.7 cm³/mol. The summed E-state index contributed by atoms with van der Waals surface area (Å²) in [6.07, 6.45) is 3.25. The summed E-state index contributed by atoms with van der Waals surface area (Å²) in [4.78, 5) is 14.9. The van der Waals surface area contributed by atoms with Gasteiger partial charge in [-0.2, -0.15) is 0 Å². The van der Waals surface area contributed by atoms with Crippen LogP contribution in [0.3, 0.4) is 0 Å². The van der Waals surface area contributed by atoms with Gasteiger partial charge in [0, 0.05) is 13.2 Å². The van der Waals surface area contributed by atoms with Gasteiger partial charge in [0.25, 0.3) is 0 Å². The maximum atomic E-state index is 11.0. The third-order valence-corrected chi connectivity index (χ3v) is 1.38. The summed E-state index contributed by atoms with van der Waals surface area (Å²) in [6.45, 7) is 0. The maximum Gasteiger partial charge on any atom is 0.367 e. The van der Waals surface area contributed by atoms with Gasteiger partial charge >= 0.3 is 5.69 Å². The molecule has 0 saturated carbocycles. The molecular weight excluding hydrogens is 160 g/mol. The molecule has 2 rings (SSSR count). The Morgan fingerprint density at radius 3 is 2.92 bits per heavy atom. The number of tetrazole rings is 1. The van der Waals surface area contributed by atoms with E-state index >= 15 is 0 Å². The molecule has 0 amide bonds. The highest BCUT2D eigenvalue weighted by Crippen LogP contribution is 1.94. The fraction of sp³-hybridized carbons (Fsp3) is 0.200. The highest BCUT2D eigenvalue weighted by molar-refractivity contribution is 5.13. The Hall–Kier alpha value is -1.92. The minimum absolute atomic E-state index is 0.395. The minimum atomic E-state index is -0.395. The molecule has 2 aromatic rings. The van der Waals surface area contributed by atoms with E-state index in [1.807, 2.05) is 7.05 Å². The summed E-state index contributed by atoms with van der Waals surface area (Å²) in [7, 11) is 1.81. The first-order valence-corrected chi connectivity index (χ1v) is 3.26. The molecule has 0 spiro atoms. The van der Waals surface area contributed by atoms with Crippen LogP contribution in [0.25, 0.3) is 5.82 Å². The second-order valence-corrected chi connectivity index (χ2v) is 2.32. The molecule has 0 aliphatic rings. The van der Waals surface area contributed by atoms with Gasteiger partial charge in [0.05, 0.1) is 6.33 Å². The third kappa shape index (κ3) is 0.911. The summed E-state index contributed by atoms with van der Waals surface area (Å²) in [5, 5.41) is 9.03. The van der Waals surface area contributed by atoms with E-state index < -0.39 is 5.69 Å². The fourth-order valence-electron chi connectivity index (χ4n) is 0.856. The van der Waals surface area contributed by atoms with Crippen molar-refractivity contribution in [3.63, 3.8) is 0 Å². The molecule has 0 radical (unpaired) electrons. The number of hydrogen-bond donors (Lipinski definition) is 1. The van der Waals surface area contributed by atoms with E-state index in [4.69, 9.17) is 0 Å². The Labute approximate surface area is 66.6 Å². The molecule has 0 aliphatic heterocycles. The molecular formula is C5H6N6O. The number of nitrogens with one attached hydrogen (secondary N) is 1. The van der Waals surface area contributed by atoms with Crippen molar-refractivity contribution in [1.29, 1.82) is 0 Å². The third-order valence-electron chi connectivity index (χ3n) is 1.38. The Morgan fingerprint density at radius 1 is 1.58 bits per heavy atom. The lowest BCUT2D eigenvalue weighted by molar-refractivity contribution is 0.763. The van der Waals surface area contributed by atoms with Crippen molar-refractivity contribution >= 4 is 0 Å². The van der Waals surface area contributed by atoms with Crippen molar-refractivity contribution in [2.45, 2.75) is 0 Å². The van der Waals surface area contributed by atoms with Crippen LogP contribution in [-0.4, -0.2) is 29.8 Å². The monoisotopic (exact) mass is 166 g/mol. The SMILES string of the molecule is Cn1cnc(-n2nn[nH]c2=O)c1. The van der Waals surface area contributed by atoms with Crippen LogP contribution in [-0.2, 0) is 7.05 Å². The normalized spacial score (nSPS) is 10.4. The van der Waals surface area contributed by atoms with Gasteiger partial charge in [-0.1, -0.05) is 0 Å². The average Bonchev–Trinajstić information content (AvgIpc) is 2.58. The van der Waals surface area contributed by atoms with E-state index in [9.17, 15) is 4.79 Å². The molecule has 2 heterocycles. The summed E-state index contributed by atoms with van der Waals surface area (Å²) in [5.74, 6) is 0.455. The Morgan fingerprint density at radius 2 is 2.42 bits per heavy atom. The first kappa shape index (κ1) is 6.77. The second-order valence-electron chi connectivity index (χ2n) is 2.32. The molecule has 1 N–H and O–H groups in total. The number of aromatic nitrogens is 6. The van der Waals surface area contributed by atoms with E-state index in [2.05, 4.69) is 20.5 Å². The van der Waals surface area contributed by atoms with Gasteiger partial charge in [-0.3, -0.25) is 0 Å². The van der Waals surface area contributed by atoms with Crippen LogP contribution in [0.15, 0.2) is 17.3 Å². The molecule has 0 aromatic carbocycles. The molecule has 0 aliphatic carbocycles. The molecule has 0 unspecified atom stereocenters. The van der Waals surface area contributed by atoms with Crippen molar-refractivity contribution in [2.75, 3.05) is 0 Å². The lowest BCUT2D eigenvalue weighted by Gasteiger charge is -1.87. The van der Waals surface area contributed by atoms with Gasteiger partial charge in [0.15, 0.2) is 5.82 Å². The predicted octanol–water partition coefficient (Wildman–Crippen LogP) is -1.31. The Balaban J connectivity index is 2.58. The fourth-order valence-corrected chi connectivity index (χ4v) is 0.856. The highest BCUT2D eigenvalue weighted by Gasteiger charge is 2.03. The summed E-state index contributed by atoms with van der Waals surface area (Å²) >= 11 is 0. The molecule has 2 aromatic heterocycles. The maximum absolute atomic E-state index is 11.0. The van der Waals surface area contributed by atoms with E-state index in [-0.39, 0.29) is 0 Å². The number of rotatable bonds is 1. The van der Waals surface area contributed by atoms with E-state index in [0.717, 1.165) is 4.68 Å². The molecule has 0 fully saturated rings. The number of imidazole rings is 1. The summed E-state index contributed by atoms with van der Waals surface area (Å²) in [6, 6.07) is 0. The van der Waals surface area contributed by atoms with Crippen molar-refractivity contribution < 1.29 is 0 Å². The topological polar surface area (TPSA) is 81.4 Å². The zero-order valence-corrected chi connectivity index (χ0v) is 6.30. The quantitative estimate of drug-likeness (QED) is 0.570. The van der Waals surface area contributed by atoms with Crippen LogP contribution in [0.2, 0.25) is 0 Å². The van der Waals surface area contributed by atoms with Gasteiger partial charge < -0.3 is 4.57 Å². The molecule has 0 saturated heterocycles. The van der Waals surface area contributed by atoms with Gasteiger partial charge in [-0.15, -0.1) is 4.68 Å². The van der Waals surface area contributed by atoms with Crippen LogP contribution in [0, 0.1) is 0 Å². The van der Waals surface area contributed by atoms with E-state index in [0.29, 0.717) is 5.82 Å². The zero-order valence-electron chi connectivity index (χ0n) is 6.30. The minimum Gasteiger partial charge on any atom is -0.338 e. The molecule has 7 nitrogen and oxygen atoms in total. The molecule has 0 atom stereocenters. The van der Waals surface area contributed by atoms with Crippen LogP contribution in [0.4, 0.5) is 0 Å². The van der Waals surface area contributed by atoms with Crippen molar-refractivity contribution in [1.82, 2.24) is 29.8 Å². The van der Waals surface area contributed by atoms with Gasteiger partial charge in [-0.25, -0.2) is 14.9 Å². The largest absolute Gasteiger partial charge is 0.367 e. The number of aryl methyl sites for hydroxylation is 1. The highest BCUT2D eigenvalue weighted by atomic mass is 16.2. The van der Waals surface area contributed by atoms with Crippen LogP contribution in [0.5, 0.6) is 0 Å². The Bertz CT molecular complexity index is 436. The Kier molecular flexibility index (Phi) is 1.29. The lowest BCUT2D eigenvalue weighted by atomic mass is 10.7. The van der Waals surface area contributed by atoms with E-state index in [1.54, 1.807) is 17.1 Å². The van der Waals surface area contributed by atoms with Crippen LogP contribution >= 0.6 is 0 Å². The second kappa shape index (κ2) is 2.29. The number of H-pyrrole nitrogens is 1. The average molecular weight is 166 g/mol. The first-order chi connectivity index (χ1) is 5.77. The molecule has 62 valence electrons. The zero-order chi connectivity index (χ0) is 8.55. The number of aromatic amines is 1. The standard InChI is InChI=1S/C5H6N6O/c1-10-2-4(6-3-10)11-5(12)7-8-9-11/h2-3H,1H3,(H,7,9,12). The molecule has 12 heavy (non-hydrogen) atoms. The first-order valence-electron chi connectivity index (χ1n) is 3.26. The number of nitrogens with zero attached hydrogens (tertiary/aromatic N) is 5. The summed E-state index contributed by atoms with van der Waals surface area (Å²) in [5.41, 5.74) is -0.395. The van der Waals surface area contributed by atoms with Crippen molar-refractivity contribution in [3.8, 4) is 5.82 Å². The van der Waals surface area contributed by atoms with Crippen molar-refractivity contribution in [3.05, 3.63) is 23.0 Å². The lowest BCUT2D eigenvalue weighted by Crippen LogP contribution is -2.16. The number of hydrogen-bond acceptors (Lipinski definition) is 4.